The quantitative estimate of drug-likeness (QED) is 0.502. The molecular formula is C6H15NO. The third kappa shape index (κ3) is 1.46. The van der Waals surface area contributed by atoms with E-state index in [-0.39, 0.29) is 7.03 Å². The summed E-state index contributed by atoms with van der Waals surface area (Å²) in [5.41, 5.74) is 0.0677. The van der Waals surface area contributed by atoms with Crippen LogP contribution in [0.3, 0.4) is 0 Å². The van der Waals surface area contributed by atoms with Crippen LogP contribution in [0.25, 0.3) is 0 Å². The van der Waals surface area contributed by atoms with Crippen LogP contribution in [0.1, 0.15) is 15.3 Å². The minimum Gasteiger partial charge on any atom is -0.373 e. The third-order valence-electron chi connectivity index (χ3n) is 1.32. The summed E-state index contributed by atoms with van der Waals surface area (Å²) in [7, 11) is 0. The standard InChI is InChI=1S/C6H13NO.H2/c1-6(2)5-7-3-4-8-6;/h7H,3-5H2,1-2H3;1H. The summed E-state index contributed by atoms with van der Waals surface area (Å²) >= 11 is 0. The lowest BCUT2D eigenvalue weighted by molar-refractivity contribution is -0.0384. The first-order chi connectivity index (χ1) is 3.71. The van der Waals surface area contributed by atoms with E-state index in [2.05, 4.69) is 19.2 Å². The summed E-state index contributed by atoms with van der Waals surface area (Å²) in [6, 6.07) is 0. The molecule has 1 heterocycles. The first-order valence-electron chi connectivity index (χ1n) is 3.05. The minimum atomic E-state index is 0. The van der Waals surface area contributed by atoms with Crippen LogP contribution in [0.2, 0.25) is 0 Å². The zero-order chi connectivity index (χ0) is 6.04. The van der Waals surface area contributed by atoms with E-state index < -0.39 is 0 Å². The van der Waals surface area contributed by atoms with E-state index in [0.29, 0.717) is 0 Å². The molecule has 8 heavy (non-hydrogen) atoms. The molecule has 0 unspecified atom stereocenters. The second kappa shape index (κ2) is 2.03. The van der Waals surface area contributed by atoms with Crippen LogP contribution in [0.5, 0.6) is 0 Å². The van der Waals surface area contributed by atoms with Crippen LogP contribution >= 0.6 is 0 Å². The molecule has 2 nitrogen and oxygen atoms in total. The van der Waals surface area contributed by atoms with Crippen LogP contribution in [0, 0.1) is 0 Å². The fourth-order valence-electron chi connectivity index (χ4n) is 0.840. The Morgan fingerprint density at radius 3 is 2.62 bits per heavy atom. The van der Waals surface area contributed by atoms with Gasteiger partial charge in [-0.15, -0.1) is 0 Å². The molecule has 0 aromatic heterocycles. The summed E-state index contributed by atoms with van der Waals surface area (Å²) < 4.78 is 5.40. The van der Waals surface area contributed by atoms with E-state index >= 15 is 0 Å². The van der Waals surface area contributed by atoms with E-state index in [4.69, 9.17) is 4.74 Å². The Hall–Kier alpha value is -0.0800. The van der Waals surface area contributed by atoms with Gasteiger partial charge in [0.05, 0.1) is 12.2 Å². The van der Waals surface area contributed by atoms with Crippen LogP contribution < -0.4 is 5.32 Å². The van der Waals surface area contributed by atoms with Crippen LogP contribution in [0.4, 0.5) is 0 Å². The molecule has 1 N–H and O–H groups in total. The SMILES string of the molecule is CC1(C)CNCCO1.[HH]. The molecule has 0 spiro atoms. The van der Waals surface area contributed by atoms with Crippen molar-refractivity contribution in [3.63, 3.8) is 0 Å². The van der Waals surface area contributed by atoms with Crippen LogP contribution in [-0.4, -0.2) is 25.3 Å². The Bertz CT molecular complexity index is 77.1. The third-order valence-corrected chi connectivity index (χ3v) is 1.32. The van der Waals surface area contributed by atoms with Gasteiger partial charge >= 0.3 is 0 Å². The van der Waals surface area contributed by atoms with Gasteiger partial charge < -0.3 is 10.1 Å². The van der Waals surface area contributed by atoms with Crippen molar-refractivity contribution in [2.24, 2.45) is 0 Å². The highest BCUT2D eigenvalue weighted by Gasteiger charge is 2.20. The molecule has 0 atom stereocenters. The van der Waals surface area contributed by atoms with E-state index in [1.165, 1.54) is 0 Å². The van der Waals surface area contributed by atoms with Crippen molar-refractivity contribution in [1.29, 1.82) is 0 Å². The summed E-state index contributed by atoms with van der Waals surface area (Å²) in [5, 5.41) is 3.25. The van der Waals surface area contributed by atoms with E-state index in [1.54, 1.807) is 0 Å². The molecule has 0 amide bonds. The van der Waals surface area contributed by atoms with Crippen molar-refractivity contribution in [2.45, 2.75) is 19.4 Å². The lowest BCUT2D eigenvalue weighted by Gasteiger charge is -2.30. The van der Waals surface area contributed by atoms with Crippen LogP contribution in [-0.2, 0) is 4.74 Å². The lowest BCUT2D eigenvalue weighted by Crippen LogP contribution is -2.45. The molecule has 50 valence electrons. The van der Waals surface area contributed by atoms with Crippen molar-refractivity contribution >= 4 is 0 Å². The van der Waals surface area contributed by atoms with Gasteiger partial charge in [-0.1, -0.05) is 0 Å². The van der Waals surface area contributed by atoms with E-state index in [1.807, 2.05) is 0 Å². The maximum absolute atomic E-state index is 5.40. The predicted molar refractivity (Wildman–Crippen MR) is 35.0 cm³/mol. The van der Waals surface area contributed by atoms with E-state index in [0.717, 1.165) is 19.7 Å². The van der Waals surface area contributed by atoms with Crippen molar-refractivity contribution in [3.05, 3.63) is 0 Å². The molecule has 1 rings (SSSR count). The van der Waals surface area contributed by atoms with Crippen molar-refractivity contribution in [2.75, 3.05) is 19.7 Å². The average Bonchev–Trinajstić information content (AvgIpc) is 1.65. The van der Waals surface area contributed by atoms with Gasteiger partial charge in [-0.3, -0.25) is 0 Å². The zero-order valence-corrected chi connectivity index (χ0v) is 5.53. The second-order valence-corrected chi connectivity index (χ2v) is 2.78. The number of hydrogen-bond donors (Lipinski definition) is 1. The Labute approximate surface area is 51.7 Å². The first kappa shape index (κ1) is 6.05. The number of morpholine rings is 1. The molecule has 1 saturated heterocycles. The van der Waals surface area contributed by atoms with Gasteiger partial charge in [0.15, 0.2) is 0 Å². The van der Waals surface area contributed by atoms with Crippen molar-refractivity contribution in [3.8, 4) is 0 Å². The van der Waals surface area contributed by atoms with Gasteiger partial charge in [0, 0.05) is 14.5 Å². The summed E-state index contributed by atoms with van der Waals surface area (Å²) in [5.74, 6) is 0. The topological polar surface area (TPSA) is 21.3 Å². The fraction of sp³-hybridized carbons (Fsp3) is 1.00. The van der Waals surface area contributed by atoms with Gasteiger partial charge in [-0.05, 0) is 13.8 Å². The average molecular weight is 117 g/mol. The molecule has 0 bridgehead atoms. The molecule has 1 aliphatic heterocycles. The second-order valence-electron chi connectivity index (χ2n) is 2.78. The molecule has 2 heteroatoms. The largest absolute Gasteiger partial charge is 0.373 e. The number of ether oxygens (including phenoxy) is 1. The zero-order valence-electron chi connectivity index (χ0n) is 5.53. The molecule has 1 fully saturated rings. The maximum Gasteiger partial charge on any atom is 0.0750 e. The number of nitrogens with one attached hydrogen (secondary N) is 1. The molecule has 0 aliphatic carbocycles. The fourth-order valence-corrected chi connectivity index (χ4v) is 0.840. The Morgan fingerprint density at radius 1 is 1.62 bits per heavy atom. The molecule has 0 aromatic rings. The number of rotatable bonds is 0. The van der Waals surface area contributed by atoms with Crippen molar-refractivity contribution in [1.82, 2.24) is 5.32 Å². The Kier molecular flexibility index (Phi) is 1.54. The maximum atomic E-state index is 5.40. The molecular weight excluding hydrogens is 102 g/mol. The monoisotopic (exact) mass is 117 g/mol. The van der Waals surface area contributed by atoms with Gasteiger partial charge in [0.2, 0.25) is 0 Å². The normalized spacial score (nSPS) is 27.8. The van der Waals surface area contributed by atoms with Crippen molar-refractivity contribution < 1.29 is 6.16 Å². The minimum absolute atomic E-state index is 0. The Balaban J connectivity index is 0.000000640. The van der Waals surface area contributed by atoms with Crippen LogP contribution in [0.15, 0.2) is 0 Å². The predicted octanol–water partition coefficient (Wildman–Crippen LogP) is 0.631. The summed E-state index contributed by atoms with van der Waals surface area (Å²) in [6.45, 7) is 7.03. The molecule has 0 saturated carbocycles. The Morgan fingerprint density at radius 2 is 2.38 bits per heavy atom. The van der Waals surface area contributed by atoms with Gasteiger partial charge in [-0.2, -0.15) is 0 Å². The molecule has 0 aromatic carbocycles. The van der Waals surface area contributed by atoms with Gasteiger partial charge in [-0.25, -0.2) is 0 Å². The highest BCUT2D eigenvalue weighted by Crippen LogP contribution is 2.08. The van der Waals surface area contributed by atoms with E-state index in [9.17, 15) is 0 Å². The highest BCUT2D eigenvalue weighted by molar-refractivity contribution is 4.75. The summed E-state index contributed by atoms with van der Waals surface area (Å²) in [6.07, 6.45) is 0. The molecule has 1 aliphatic rings. The lowest BCUT2D eigenvalue weighted by atomic mass is 10.1. The highest BCUT2D eigenvalue weighted by atomic mass is 16.5. The number of hydrogen-bond acceptors (Lipinski definition) is 2. The van der Waals surface area contributed by atoms with Gasteiger partial charge in [0.1, 0.15) is 0 Å². The first-order valence-corrected chi connectivity index (χ1v) is 3.05. The summed E-state index contributed by atoms with van der Waals surface area (Å²) in [4.78, 5) is 0. The molecule has 0 radical (unpaired) electrons. The van der Waals surface area contributed by atoms with Gasteiger partial charge in [0.25, 0.3) is 0 Å². The smallest absolute Gasteiger partial charge is 0.0750 e.